The second kappa shape index (κ2) is 10.6. The molecule has 9 aromatic rings. The first-order chi connectivity index (χ1) is 23.8. The van der Waals surface area contributed by atoms with Crippen molar-refractivity contribution in [3.05, 3.63) is 182 Å². The molecule has 0 N–H and O–H groups in total. The molecule has 1 aliphatic rings. The highest BCUT2D eigenvalue weighted by molar-refractivity contribution is 6.19. The molecule has 0 aliphatic carbocycles. The van der Waals surface area contributed by atoms with Crippen LogP contribution in [0.4, 0.5) is 17.1 Å². The number of hydrogen-bond donors (Lipinski definition) is 0. The fraction of sp³-hybridized carbons (Fsp3) is 0. The summed E-state index contributed by atoms with van der Waals surface area (Å²) in [6.07, 6.45) is 0. The maximum atomic E-state index is 2.47. The fourth-order valence-electron chi connectivity index (χ4n) is 7.72. The normalized spacial score (nSPS) is 12.1. The summed E-state index contributed by atoms with van der Waals surface area (Å²) < 4.78 is 2.43. The molecule has 0 radical (unpaired) electrons. The molecule has 0 bridgehead atoms. The topological polar surface area (TPSA) is 8.17 Å². The first-order valence-corrected chi connectivity index (χ1v) is 16.5. The number of nitrogens with zero attached hydrogens (tertiary/aromatic N) is 2. The summed E-state index contributed by atoms with van der Waals surface area (Å²) in [5, 5.41) is 5.04. The lowest BCUT2D eigenvalue weighted by molar-refractivity contribution is 1.18. The van der Waals surface area contributed by atoms with Crippen LogP contribution >= 0.6 is 0 Å². The van der Waals surface area contributed by atoms with Crippen LogP contribution in [0.5, 0.6) is 0 Å². The average molecular weight is 611 g/mol. The number of benzene rings is 8. The van der Waals surface area contributed by atoms with Crippen molar-refractivity contribution in [1.29, 1.82) is 0 Å². The minimum Gasteiger partial charge on any atom is -0.309 e. The molecule has 0 amide bonds. The van der Waals surface area contributed by atoms with E-state index in [0.29, 0.717) is 0 Å². The van der Waals surface area contributed by atoms with Gasteiger partial charge < -0.3 is 9.47 Å². The first kappa shape index (κ1) is 26.8. The summed E-state index contributed by atoms with van der Waals surface area (Å²) in [7, 11) is 0. The van der Waals surface area contributed by atoms with Crippen LogP contribution in [0.1, 0.15) is 0 Å². The molecule has 0 saturated carbocycles. The molecular formula is C46H30N2. The second-order valence-electron chi connectivity index (χ2n) is 12.6. The van der Waals surface area contributed by atoms with E-state index in [1.165, 1.54) is 77.3 Å². The van der Waals surface area contributed by atoms with Gasteiger partial charge in [0.2, 0.25) is 0 Å². The van der Waals surface area contributed by atoms with Gasteiger partial charge in [0, 0.05) is 33.1 Å². The highest BCUT2D eigenvalue weighted by Crippen LogP contribution is 2.53. The number of anilines is 3. The lowest BCUT2D eigenvalue weighted by Gasteiger charge is -2.34. The molecule has 224 valence electrons. The molecule has 2 heteroatoms. The van der Waals surface area contributed by atoms with E-state index in [2.05, 4.69) is 191 Å². The lowest BCUT2D eigenvalue weighted by Crippen LogP contribution is -2.15. The van der Waals surface area contributed by atoms with Gasteiger partial charge in [-0.3, -0.25) is 0 Å². The van der Waals surface area contributed by atoms with Gasteiger partial charge in [0.25, 0.3) is 0 Å². The van der Waals surface area contributed by atoms with E-state index in [-0.39, 0.29) is 0 Å². The molecule has 48 heavy (non-hydrogen) atoms. The van der Waals surface area contributed by atoms with Crippen LogP contribution in [0.25, 0.3) is 71.6 Å². The summed E-state index contributed by atoms with van der Waals surface area (Å²) in [6, 6.07) is 66.3. The van der Waals surface area contributed by atoms with Gasteiger partial charge in [-0.05, 0) is 87.8 Å². The average Bonchev–Trinajstić information content (AvgIpc) is 3.48. The predicted molar refractivity (Wildman–Crippen MR) is 203 cm³/mol. The van der Waals surface area contributed by atoms with Crippen LogP contribution in [-0.4, -0.2) is 4.57 Å². The van der Waals surface area contributed by atoms with Crippen molar-refractivity contribution in [2.45, 2.75) is 0 Å². The van der Waals surface area contributed by atoms with Crippen molar-refractivity contribution in [2.24, 2.45) is 0 Å². The molecule has 1 aliphatic heterocycles. The van der Waals surface area contributed by atoms with Crippen LogP contribution < -0.4 is 4.90 Å². The van der Waals surface area contributed by atoms with Crippen molar-refractivity contribution in [3.8, 4) is 39.1 Å². The highest BCUT2D eigenvalue weighted by atomic mass is 15.2. The van der Waals surface area contributed by atoms with Crippen molar-refractivity contribution in [1.82, 2.24) is 4.57 Å². The SMILES string of the molecule is c1ccc(-c2cccc(N3c4cc5c(cc4-c4cccc6cccc3c46)c3cc(-c4ccccc4)ccc3n5-c3ccccc3)c2)cc1. The molecule has 0 saturated heterocycles. The smallest absolute Gasteiger partial charge is 0.0562 e. The van der Waals surface area contributed by atoms with Gasteiger partial charge in [0.1, 0.15) is 0 Å². The Morgan fingerprint density at radius 1 is 0.333 bits per heavy atom. The van der Waals surface area contributed by atoms with Gasteiger partial charge in [0.15, 0.2) is 0 Å². The number of fused-ring (bicyclic) bond motifs is 5. The second-order valence-corrected chi connectivity index (χ2v) is 12.6. The van der Waals surface area contributed by atoms with Crippen molar-refractivity contribution >= 4 is 49.6 Å². The predicted octanol–water partition coefficient (Wildman–Crippen LogP) is 12.7. The third kappa shape index (κ3) is 4.06. The van der Waals surface area contributed by atoms with E-state index in [0.717, 1.165) is 11.4 Å². The van der Waals surface area contributed by atoms with Crippen LogP contribution in [0, 0.1) is 0 Å². The molecule has 2 heterocycles. The summed E-state index contributed by atoms with van der Waals surface area (Å²) in [6.45, 7) is 0. The number of hydrogen-bond acceptors (Lipinski definition) is 1. The molecule has 0 unspecified atom stereocenters. The van der Waals surface area contributed by atoms with Gasteiger partial charge in [0.05, 0.1) is 22.4 Å². The molecule has 0 spiro atoms. The molecule has 0 fully saturated rings. The zero-order chi connectivity index (χ0) is 31.6. The summed E-state index contributed by atoms with van der Waals surface area (Å²) in [5.74, 6) is 0. The number of rotatable bonds is 4. The van der Waals surface area contributed by atoms with Gasteiger partial charge in [-0.1, -0.05) is 127 Å². The first-order valence-electron chi connectivity index (χ1n) is 16.5. The number of para-hydroxylation sites is 1. The van der Waals surface area contributed by atoms with Crippen LogP contribution in [-0.2, 0) is 0 Å². The van der Waals surface area contributed by atoms with Crippen LogP contribution in [0.15, 0.2) is 182 Å². The van der Waals surface area contributed by atoms with Crippen molar-refractivity contribution < 1.29 is 0 Å². The van der Waals surface area contributed by atoms with E-state index in [1.54, 1.807) is 0 Å². The van der Waals surface area contributed by atoms with E-state index in [1.807, 2.05) is 0 Å². The third-order valence-electron chi connectivity index (χ3n) is 9.87. The summed E-state index contributed by atoms with van der Waals surface area (Å²) >= 11 is 0. The lowest BCUT2D eigenvalue weighted by atomic mass is 9.89. The van der Waals surface area contributed by atoms with Crippen molar-refractivity contribution in [3.63, 3.8) is 0 Å². The van der Waals surface area contributed by atoms with E-state index >= 15 is 0 Å². The van der Waals surface area contributed by atoms with E-state index < -0.39 is 0 Å². The zero-order valence-corrected chi connectivity index (χ0v) is 26.2. The molecular weight excluding hydrogens is 581 g/mol. The number of aromatic nitrogens is 1. The summed E-state index contributed by atoms with van der Waals surface area (Å²) in [5.41, 5.74) is 14.5. The van der Waals surface area contributed by atoms with Gasteiger partial charge in [-0.2, -0.15) is 0 Å². The molecule has 1 aromatic heterocycles. The zero-order valence-electron chi connectivity index (χ0n) is 26.2. The Kier molecular flexibility index (Phi) is 5.91. The molecule has 0 atom stereocenters. The quantitative estimate of drug-likeness (QED) is 0.192. The van der Waals surface area contributed by atoms with E-state index in [4.69, 9.17) is 0 Å². The van der Waals surface area contributed by atoms with Gasteiger partial charge in [-0.25, -0.2) is 0 Å². The standard InChI is InChI=1S/C46H30N2/c1-4-13-31(14-5-1)34-19-10-22-37(27-34)48-43-24-12-18-33-17-11-23-38(46(33)43)40-29-41-39-28-35(32-15-6-2-7-16-32)25-26-42(39)47(45(41)30-44(40)48)36-20-8-3-9-21-36/h1-30H. The Morgan fingerprint density at radius 3 is 1.69 bits per heavy atom. The Balaban J connectivity index is 1.31. The monoisotopic (exact) mass is 610 g/mol. The maximum Gasteiger partial charge on any atom is 0.0562 e. The largest absolute Gasteiger partial charge is 0.309 e. The third-order valence-corrected chi connectivity index (χ3v) is 9.87. The Bertz CT molecular complexity index is 2650. The highest BCUT2D eigenvalue weighted by Gasteiger charge is 2.28. The van der Waals surface area contributed by atoms with Crippen molar-refractivity contribution in [2.75, 3.05) is 4.90 Å². The molecule has 8 aromatic carbocycles. The Morgan fingerprint density at radius 2 is 0.938 bits per heavy atom. The minimum atomic E-state index is 1.15. The van der Waals surface area contributed by atoms with Gasteiger partial charge >= 0.3 is 0 Å². The molecule has 10 rings (SSSR count). The van der Waals surface area contributed by atoms with Crippen LogP contribution in [0.2, 0.25) is 0 Å². The van der Waals surface area contributed by atoms with Gasteiger partial charge in [-0.15, -0.1) is 0 Å². The maximum absolute atomic E-state index is 2.47. The van der Waals surface area contributed by atoms with Crippen LogP contribution in [0.3, 0.4) is 0 Å². The summed E-state index contributed by atoms with van der Waals surface area (Å²) in [4.78, 5) is 2.47. The minimum absolute atomic E-state index is 1.15. The fourth-order valence-corrected chi connectivity index (χ4v) is 7.72. The Hall–Kier alpha value is -6.38. The Labute approximate surface area is 279 Å². The van der Waals surface area contributed by atoms with E-state index in [9.17, 15) is 0 Å². The molecule has 2 nitrogen and oxygen atoms in total.